The van der Waals surface area contributed by atoms with Gasteiger partial charge in [0.05, 0.1) is 18.0 Å². The van der Waals surface area contributed by atoms with Crippen LogP contribution in [0, 0.1) is 13.8 Å². The number of anilines is 1. The van der Waals surface area contributed by atoms with Crippen LogP contribution >= 0.6 is 0 Å². The molecule has 7 nitrogen and oxygen atoms in total. The van der Waals surface area contributed by atoms with Gasteiger partial charge in [-0.05, 0) is 76.1 Å². The minimum atomic E-state index is -1.09. The molecule has 0 aliphatic carbocycles. The van der Waals surface area contributed by atoms with E-state index in [2.05, 4.69) is 21.4 Å². The molecule has 170 valence electrons. The number of nitrogens with zero attached hydrogens (tertiary/aromatic N) is 2. The smallest absolute Gasteiger partial charge is 0.261 e. The number of furan rings is 1. The first-order valence-corrected chi connectivity index (χ1v) is 10.8. The van der Waals surface area contributed by atoms with E-state index in [4.69, 9.17) is 14.9 Å². The standard InChI is InChI=1S/C26H28N4O3/c1-15-14-32-23-10-9-19(12-21(15)23)22-13-24(30-17(3)29-22)28-16(2)18-7-6-8-20(11-18)33-26(4,5)25(27)31/h6-14,16H,1-5H3,(H2,27,31)(H,28,29,30)/t16-/m0/s1. The van der Waals surface area contributed by atoms with Crippen molar-refractivity contribution < 1.29 is 13.9 Å². The van der Waals surface area contributed by atoms with E-state index >= 15 is 0 Å². The largest absolute Gasteiger partial charge is 0.478 e. The number of fused-ring (bicyclic) bond motifs is 1. The quantitative estimate of drug-likeness (QED) is 0.400. The molecule has 0 fully saturated rings. The molecule has 0 unspecified atom stereocenters. The summed E-state index contributed by atoms with van der Waals surface area (Å²) in [6.07, 6.45) is 1.76. The van der Waals surface area contributed by atoms with E-state index in [9.17, 15) is 4.79 Å². The molecule has 33 heavy (non-hydrogen) atoms. The minimum absolute atomic E-state index is 0.0639. The third-order valence-electron chi connectivity index (χ3n) is 5.59. The van der Waals surface area contributed by atoms with Crippen molar-refractivity contribution in [2.75, 3.05) is 5.32 Å². The maximum atomic E-state index is 11.6. The normalized spacial score (nSPS) is 12.5. The van der Waals surface area contributed by atoms with Crippen molar-refractivity contribution in [3.8, 4) is 17.0 Å². The van der Waals surface area contributed by atoms with Crippen LogP contribution < -0.4 is 15.8 Å². The molecule has 7 heteroatoms. The molecule has 2 aromatic heterocycles. The summed E-state index contributed by atoms with van der Waals surface area (Å²) in [7, 11) is 0. The maximum Gasteiger partial charge on any atom is 0.261 e. The summed E-state index contributed by atoms with van der Waals surface area (Å²) in [6.45, 7) is 9.24. The third kappa shape index (κ3) is 4.82. The highest BCUT2D eigenvalue weighted by atomic mass is 16.5. The molecular weight excluding hydrogens is 416 g/mol. The molecule has 2 heterocycles. The summed E-state index contributed by atoms with van der Waals surface area (Å²) in [5.41, 5.74) is 9.10. The predicted octanol–water partition coefficient (Wildman–Crippen LogP) is 5.32. The molecule has 4 rings (SSSR count). The van der Waals surface area contributed by atoms with Gasteiger partial charge in [0.2, 0.25) is 0 Å². The maximum absolute atomic E-state index is 11.6. The molecule has 0 radical (unpaired) electrons. The van der Waals surface area contributed by atoms with Crippen LogP contribution in [0.25, 0.3) is 22.2 Å². The van der Waals surface area contributed by atoms with Crippen LogP contribution in [0.4, 0.5) is 5.82 Å². The molecule has 4 aromatic rings. The van der Waals surface area contributed by atoms with E-state index in [1.807, 2.05) is 63.2 Å². The van der Waals surface area contributed by atoms with Crippen molar-refractivity contribution in [3.63, 3.8) is 0 Å². The van der Waals surface area contributed by atoms with Gasteiger partial charge in [0.15, 0.2) is 5.60 Å². The Morgan fingerprint density at radius 2 is 1.91 bits per heavy atom. The molecule has 0 saturated heterocycles. The number of hydrogen-bond donors (Lipinski definition) is 2. The molecule has 0 bridgehead atoms. The van der Waals surface area contributed by atoms with Gasteiger partial charge in [-0.2, -0.15) is 0 Å². The first-order valence-electron chi connectivity index (χ1n) is 10.8. The second kappa shape index (κ2) is 8.58. The lowest BCUT2D eigenvalue weighted by molar-refractivity contribution is -0.130. The van der Waals surface area contributed by atoms with Crippen molar-refractivity contribution in [1.82, 2.24) is 9.97 Å². The number of nitrogens with two attached hydrogens (primary N) is 1. The summed E-state index contributed by atoms with van der Waals surface area (Å²) in [4.78, 5) is 20.8. The SMILES string of the molecule is Cc1nc(N[C@@H](C)c2cccc(OC(C)(C)C(N)=O)c2)cc(-c2ccc3occ(C)c3c2)n1. The van der Waals surface area contributed by atoms with Gasteiger partial charge in [0.1, 0.15) is 23.0 Å². The molecule has 0 aliphatic heterocycles. The van der Waals surface area contributed by atoms with Crippen LogP contribution in [0.5, 0.6) is 5.75 Å². The molecule has 1 amide bonds. The number of carbonyl (C=O) groups is 1. The first kappa shape index (κ1) is 22.3. The van der Waals surface area contributed by atoms with Gasteiger partial charge in [-0.1, -0.05) is 12.1 Å². The van der Waals surface area contributed by atoms with E-state index < -0.39 is 11.5 Å². The van der Waals surface area contributed by atoms with Crippen LogP contribution in [0.1, 0.15) is 43.8 Å². The van der Waals surface area contributed by atoms with E-state index in [1.165, 1.54) is 0 Å². The number of aryl methyl sites for hydroxylation is 2. The Morgan fingerprint density at radius 3 is 2.67 bits per heavy atom. The Bertz CT molecular complexity index is 1330. The fourth-order valence-electron chi connectivity index (χ4n) is 3.60. The topological polar surface area (TPSA) is 103 Å². The zero-order valence-corrected chi connectivity index (χ0v) is 19.5. The Balaban J connectivity index is 1.58. The zero-order chi connectivity index (χ0) is 23.8. The van der Waals surface area contributed by atoms with Gasteiger partial charge in [0, 0.05) is 17.0 Å². The van der Waals surface area contributed by atoms with Crippen molar-refractivity contribution in [1.29, 1.82) is 0 Å². The Morgan fingerprint density at radius 1 is 1.12 bits per heavy atom. The number of amides is 1. The summed E-state index contributed by atoms with van der Waals surface area (Å²) < 4.78 is 11.4. The third-order valence-corrected chi connectivity index (χ3v) is 5.59. The number of hydrogen-bond acceptors (Lipinski definition) is 6. The minimum Gasteiger partial charge on any atom is -0.478 e. The Hall–Kier alpha value is -3.87. The highest BCUT2D eigenvalue weighted by molar-refractivity contribution is 5.86. The Labute approximate surface area is 193 Å². The zero-order valence-electron chi connectivity index (χ0n) is 19.5. The van der Waals surface area contributed by atoms with Gasteiger partial charge < -0.3 is 20.2 Å². The predicted molar refractivity (Wildman–Crippen MR) is 129 cm³/mol. The monoisotopic (exact) mass is 444 g/mol. The lowest BCUT2D eigenvalue weighted by Crippen LogP contribution is -2.43. The second-order valence-corrected chi connectivity index (χ2v) is 8.73. The summed E-state index contributed by atoms with van der Waals surface area (Å²) >= 11 is 0. The van der Waals surface area contributed by atoms with Crippen LogP contribution in [0.3, 0.4) is 0 Å². The van der Waals surface area contributed by atoms with Crippen LogP contribution in [-0.4, -0.2) is 21.5 Å². The van der Waals surface area contributed by atoms with Gasteiger partial charge in [-0.15, -0.1) is 0 Å². The van der Waals surface area contributed by atoms with Crippen molar-refractivity contribution in [2.45, 2.75) is 46.3 Å². The summed E-state index contributed by atoms with van der Waals surface area (Å²) in [5.74, 6) is 1.45. The number of rotatable bonds is 7. The average molecular weight is 445 g/mol. The number of ether oxygens (including phenoxy) is 1. The van der Waals surface area contributed by atoms with E-state index in [0.717, 1.165) is 39.2 Å². The first-order chi connectivity index (χ1) is 15.6. The fraction of sp³-hybridized carbons (Fsp3) is 0.269. The molecular formula is C26H28N4O3. The van der Waals surface area contributed by atoms with Crippen molar-refractivity contribution in [3.05, 3.63) is 71.7 Å². The molecule has 0 saturated carbocycles. The number of nitrogens with one attached hydrogen (secondary N) is 1. The molecule has 0 aliphatic rings. The van der Waals surface area contributed by atoms with E-state index in [1.54, 1.807) is 20.1 Å². The average Bonchev–Trinajstić information content (AvgIpc) is 3.13. The lowest BCUT2D eigenvalue weighted by Gasteiger charge is -2.23. The van der Waals surface area contributed by atoms with Gasteiger partial charge in [0.25, 0.3) is 5.91 Å². The van der Waals surface area contributed by atoms with Gasteiger partial charge >= 0.3 is 0 Å². The lowest BCUT2D eigenvalue weighted by atomic mass is 10.1. The molecule has 0 spiro atoms. The molecule has 2 aromatic carbocycles. The van der Waals surface area contributed by atoms with Gasteiger partial charge in [-0.3, -0.25) is 4.79 Å². The highest BCUT2D eigenvalue weighted by Crippen LogP contribution is 2.29. The Kier molecular flexibility index (Phi) is 5.80. The fourth-order valence-corrected chi connectivity index (χ4v) is 3.60. The second-order valence-electron chi connectivity index (χ2n) is 8.73. The number of primary amides is 1. The molecule has 1 atom stereocenters. The summed E-state index contributed by atoms with van der Waals surface area (Å²) in [6, 6.07) is 15.5. The van der Waals surface area contributed by atoms with Crippen LogP contribution in [-0.2, 0) is 4.79 Å². The van der Waals surface area contributed by atoms with Crippen LogP contribution in [0.2, 0.25) is 0 Å². The van der Waals surface area contributed by atoms with Crippen molar-refractivity contribution in [2.24, 2.45) is 5.73 Å². The summed E-state index contributed by atoms with van der Waals surface area (Å²) in [5, 5.41) is 4.52. The molecule has 3 N–H and O–H groups in total. The van der Waals surface area contributed by atoms with E-state index in [-0.39, 0.29) is 6.04 Å². The van der Waals surface area contributed by atoms with E-state index in [0.29, 0.717) is 11.6 Å². The highest BCUT2D eigenvalue weighted by Gasteiger charge is 2.27. The van der Waals surface area contributed by atoms with Crippen LogP contribution in [0.15, 0.2) is 59.2 Å². The number of carbonyl (C=O) groups excluding carboxylic acids is 1. The number of benzene rings is 2. The number of aromatic nitrogens is 2. The van der Waals surface area contributed by atoms with Crippen molar-refractivity contribution >= 4 is 22.7 Å². The van der Waals surface area contributed by atoms with Gasteiger partial charge in [-0.25, -0.2) is 9.97 Å².